The number of phenols is 2. The third-order valence-corrected chi connectivity index (χ3v) is 8.18. The summed E-state index contributed by atoms with van der Waals surface area (Å²) in [6.07, 6.45) is 8.42. The average Bonchev–Trinajstić information content (AvgIpc) is 3.67. The van der Waals surface area contributed by atoms with Crippen LogP contribution in [-0.4, -0.2) is 44.3 Å². The van der Waals surface area contributed by atoms with Gasteiger partial charge in [-0.1, -0.05) is 66.7 Å². The molecule has 3 heterocycles. The number of rotatable bonds is 8. The van der Waals surface area contributed by atoms with Crippen LogP contribution in [0.5, 0.6) is 17.2 Å². The molecule has 46 heavy (non-hydrogen) atoms. The highest BCUT2D eigenvalue weighted by Gasteiger charge is 2.53. The number of aromatic hydroxyl groups is 2. The molecular formula is C37H28BF2N3O3. The number of phenolic OH excluding ortho intramolecular Hbond substituents is 2. The molecule has 7 rings (SSSR count). The van der Waals surface area contributed by atoms with Gasteiger partial charge in [0.25, 0.3) is 5.84 Å². The number of nitrogens with zero attached hydrogens (tertiary/aromatic N) is 3. The molecule has 0 spiro atoms. The molecule has 0 aliphatic carbocycles. The second-order valence-electron chi connectivity index (χ2n) is 11.1. The Hall–Kier alpha value is -5.88. The lowest BCUT2D eigenvalue weighted by Crippen LogP contribution is -2.53. The summed E-state index contributed by atoms with van der Waals surface area (Å²) in [5.41, 5.74) is 3.88. The molecule has 0 saturated heterocycles. The highest BCUT2D eigenvalue weighted by molar-refractivity contribution is 6.63. The highest BCUT2D eigenvalue weighted by atomic mass is 19.2. The number of amidine groups is 1. The minimum Gasteiger partial charge on any atom is -0.504 e. The standard InChI is InChI=1S/C37H28BF2N3O3/c1-2-3-10-21-46-29-18-15-27(16-19-29)33-23-30(25-11-6-4-7-12-25)36-41-37-31(28-17-20-34(44)35(45)22-28)24-32(26-13-8-5-9-14-26)42(37)38(39,40)43(33)36/h1,4-9,11-20,22-24,44-45H,3,10,21H2. The second kappa shape index (κ2) is 11.6. The van der Waals surface area contributed by atoms with Gasteiger partial charge in [0.1, 0.15) is 5.75 Å². The van der Waals surface area contributed by atoms with E-state index >= 15 is 8.63 Å². The molecule has 2 aliphatic heterocycles. The van der Waals surface area contributed by atoms with Gasteiger partial charge in [0.05, 0.1) is 17.9 Å². The first-order valence-electron chi connectivity index (χ1n) is 14.9. The molecule has 0 bridgehead atoms. The Morgan fingerprint density at radius 1 is 0.804 bits per heavy atom. The minimum atomic E-state index is -4.51. The molecular weight excluding hydrogens is 583 g/mol. The van der Waals surface area contributed by atoms with Crippen LogP contribution in [0.25, 0.3) is 28.0 Å². The lowest BCUT2D eigenvalue weighted by molar-refractivity contribution is -0.291. The van der Waals surface area contributed by atoms with E-state index in [-0.39, 0.29) is 28.8 Å². The van der Waals surface area contributed by atoms with Crippen LogP contribution < -0.4 is 4.74 Å². The predicted molar refractivity (Wildman–Crippen MR) is 178 cm³/mol. The molecule has 0 atom stereocenters. The summed E-state index contributed by atoms with van der Waals surface area (Å²) in [6, 6.07) is 31.3. The topological polar surface area (TPSA) is 70.0 Å². The first kappa shape index (κ1) is 28.9. The fraction of sp³-hybridized carbons (Fsp3) is 0.0811. The van der Waals surface area contributed by atoms with E-state index in [2.05, 4.69) is 5.92 Å². The fourth-order valence-electron chi connectivity index (χ4n) is 5.98. The van der Waals surface area contributed by atoms with E-state index in [0.29, 0.717) is 52.3 Å². The van der Waals surface area contributed by atoms with Crippen molar-refractivity contribution in [3.63, 3.8) is 0 Å². The largest absolute Gasteiger partial charge is 0.642 e. The van der Waals surface area contributed by atoms with Crippen LogP contribution in [0.2, 0.25) is 0 Å². The number of allylic oxidation sites excluding steroid dienone is 1. The molecule has 0 amide bonds. The maximum absolute atomic E-state index is 17.4. The van der Waals surface area contributed by atoms with Crippen LogP contribution >= 0.6 is 0 Å². The van der Waals surface area contributed by atoms with Crippen molar-refractivity contribution in [3.8, 4) is 52.0 Å². The van der Waals surface area contributed by atoms with Gasteiger partial charge in [-0.05, 0) is 76.6 Å². The third-order valence-electron chi connectivity index (χ3n) is 8.18. The second-order valence-corrected chi connectivity index (χ2v) is 11.1. The molecule has 2 aliphatic rings. The number of aromatic nitrogens is 1. The van der Waals surface area contributed by atoms with E-state index in [1.165, 1.54) is 12.1 Å². The van der Waals surface area contributed by atoms with Gasteiger partial charge in [-0.3, -0.25) is 0 Å². The summed E-state index contributed by atoms with van der Waals surface area (Å²) in [5, 5.41) is 20.3. The molecule has 0 unspecified atom stereocenters. The third kappa shape index (κ3) is 4.94. The van der Waals surface area contributed by atoms with Crippen molar-refractivity contribution in [1.29, 1.82) is 0 Å². The molecule has 0 fully saturated rings. The van der Waals surface area contributed by atoms with Gasteiger partial charge in [0.2, 0.25) is 5.82 Å². The zero-order valence-electron chi connectivity index (χ0n) is 24.6. The number of hydrogen-bond donors (Lipinski definition) is 2. The Bertz CT molecular complexity index is 2100. The number of hydrogen-bond acceptors (Lipinski definition) is 4. The van der Waals surface area contributed by atoms with Crippen LogP contribution in [0.15, 0.2) is 120 Å². The Morgan fingerprint density at radius 2 is 1.48 bits per heavy atom. The Kier molecular flexibility index (Phi) is 7.26. The molecule has 0 radical (unpaired) electrons. The SMILES string of the molecule is C#CCCCOc1ccc(C2=[N+]3C(=Nc4c(-c5ccc(O)c(O)c5)cc(-c5ccccc5)n4[B-]3(F)F)C(c3ccccc3)=C2)cc1. The van der Waals surface area contributed by atoms with Crippen LogP contribution in [0.3, 0.4) is 0 Å². The fourth-order valence-corrected chi connectivity index (χ4v) is 5.98. The zero-order valence-corrected chi connectivity index (χ0v) is 24.6. The van der Waals surface area contributed by atoms with Gasteiger partial charge in [0.15, 0.2) is 11.5 Å². The highest BCUT2D eigenvalue weighted by Crippen LogP contribution is 2.46. The van der Waals surface area contributed by atoms with Gasteiger partial charge in [-0.25, -0.2) is 0 Å². The smallest absolute Gasteiger partial charge is 0.504 e. The van der Waals surface area contributed by atoms with E-state index in [1.807, 2.05) is 36.4 Å². The van der Waals surface area contributed by atoms with Crippen molar-refractivity contribution < 1.29 is 28.1 Å². The molecule has 0 saturated carbocycles. The summed E-state index contributed by atoms with van der Waals surface area (Å²) in [5.74, 6) is 2.73. The average molecular weight is 611 g/mol. The molecule has 5 aromatic rings. The monoisotopic (exact) mass is 611 g/mol. The van der Waals surface area contributed by atoms with Crippen molar-refractivity contribution in [3.05, 3.63) is 126 Å². The van der Waals surface area contributed by atoms with Crippen molar-refractivity contribution >= 4 is 29.9 Å². The summed E-state index contributed by atoms with van der Waals surface area (Å²) in [4.78, 5) is 4.95. The molecule has 1 aromatic heterocycles. The van der Waals surface area contributed by atoms with Crippen molar-refractivity contribution in [2.24, 2.45) is 4.99 Å². The molecule has 6 nitrogen and oxygen atoms in total. The van der Waals surface area contributed by atoms with Crippen molar-refractivity contribution in [2.75, 3.05) is 6.61 Å². The quantitative estimate of drug-likeness (QED) is 0.0812. The van der Waals surface area contributed by atoms with E-state index in [0.717, 1.165) is 20.9 Å². The first-order chi connectivity index (χ1) is 22.4. The molecule has 4 aromatic carbocycles. The van der Waals surface area contributed by atoms with Crippen molar-refractivity contribution in [1.82, 2.24) is 4.48 Å². The number of unbranched alkanes of at least 4 members (excludes halogenated alkanes) is 1. The zero-order chi connectivity index (χ0) is 31.8. The number of aliphatic imine (C=N–C) groups is 1. The van der Waals surface area contributed by atoms with Crippen LogP contribution in [0.4, 0.5) is 14.4 Å². The summed E-state index contributed by atoms with van der Waals surface area (Å²) >= 11 is 0. The lowest BCUT2D eigenvalue weighted by Gasteiger charge is -2.32. The number of ether oxygens (including phenoxy) is 1. The summed E-state index contributed by atoms with van der Waals surface area (Å²) < 4.78 is 42.6. The van der Waals surface area contributed by atoms with Crippen LogP contribution in [0.1, 0.15) is 24.0 Å². The van der Waals surface area contributed by atoms with E-state index < -0.39 is 6.97 Å². The Morgan fingerprint density at radius 3 is 2.15 bits per heavy atom. The normalized spacial score (nSPS) is 14.6. The summed E-state index contributed by atoms with van der Waals surface area (Å²) in [6.45, 7) is -4.05. The van der Waals surface area contributed by atoms with E-state index in [4.69, 9.17) is 16.2 Å². The number of terminal acetylenes is 1. The van der Waals surface area contributed by atoms with Gasteiger partial charge in [-0.15, -0.1) is 12.3 Å². The predicted octanol–water partition coefficient (Wildman–Crippen LogP) is 7.89. The molecule has 226 valence electrons. The molecule has 2 N–H and O–H groups in total. The number of benzene rings is 4. The number of fused-ring (bicyclic) bond motifs is 2. The van der Waals surface area contributed by atoms with Crippen LogP contribution in [-0.2, 0) is 0 Å². The van der Waals surface area contributed by atoms with Gasteiger partial charge in [-0.2, -0.15) is 0 Å². The maximum atomic E-state index is 17.4. The minimum absolute atomic E-state index is 0.0546. The maximum Gasteiger partial charge on any atom is 0.642 e. The summed E-state index contributed by atoms with van der Waals surface area (Å²) in [7, 11) is 0. The molecule has 9 heteroatoms. The first-order valence-corrected chi connectivity index (χ1v) is 14.9. The van der Waals surface area contributed by atoms with Gasteiger partial charge >= 0.3 is 6.97 Å². The van der Waals surface area contributed by atoms with E-state index in [1.54, 1.807) is 66.7 Å². The lowest BCUT2D eigenvalue weighted by atomic mass is 9.90. The van der Waals surface area contributed by atoms with E-state index in [9.17, 15) is 10.2 Å². The Labute approximate surface area is 264 Å². The van der Waals surface area contributed by atoms with Gasteiger partial charge < -0.3 is 32.5 Å². The Balaban J connectivity index is 1.45. The van der Waals surface area contributed by atoms with Crippen molar-refractivity contribution in [2.45, 2.75) is 12.8 Å². The number of halogens is 2. The van der Waals surface area contributed by atoms with Gasteiger partial charge in [0, 0.05) is 23.2 Å². The van der Waals surface area contributed by atoms with Crippen LogP contribution in [0, 0.1) is 12.3 Å².